The minimum absolute atomic E-state index is 0. The number of rotatable bonds is 1. The summed E-state index contributed by atoms with van der Waals surface area (Å²) in [5.41, 5.74) is 0.176. The number of carbonyl (C=O) groups is 1. The summed E-state index contributed by atoms with van der Waals surface area (Å²) in [5.74, 6) is -0.935. The van der Waals surface area contributed by atoms with Crippen molar-refractivity contribution < 1.29 is 9.90 Å². The summed E-state index contributed by atoms with van der Waals surface area (Å²) in [5, 5.41) is 7.89. The standard InChI is InChI=1S/C4H6O2.K.Na.2H/c1-3(2)4(5)6;;;;/h1H2,2H3,(H,5,6);;;;. The van der Waals surface area contributed by atoms with Crippen molar-refractivity contribution in [3.05, 3.63) is 12.2 Å². The fourth-order valence-corrected chi connectivity index (χ4v) is 0. The summed E-state index contributed by atoms with van der Waals surface area (Å²) in [7, 11) is 0. The van der Waals surface area contributed by atoms with E-state index >= 15 is 0 Å². The van der Waals surface area contributed by atoms with Crippen molar-refractivity contribution in [3.8, 4) is 0 Å². The second-order valence-corrected chi connectivity index (χ2v) is 1.09. The molecule has 0 spiro atoms. The maximum absolute atomic E-state index is 9.60. The average molecular weight is 150 g/mol. The molecule has 0 unspecified atom stereocenters. The van der Waals surface area contributed by atoms with Crippen LogP contribution in [0.4, 0.5) is 0 Å². The van der Waals surface area contributed by atoms with E-state index in [1.165, 1.54) is 6.92 Å². The van der Waals surface area contributed by atoms with Crippen LogP contribution in [0.5, 0.6) is 0 Å². The van der Waals surface area contributed by atoms with Gasteiger partial charge in [0.05, 0.1) is 0 Å². The van der Waals surface area contributed by atoms with Crippen LogP contribution in [0.1, 0.15) is 6.92 Å². The first-order valence-electron chi connectivity index (χ1n) is 1.53. The third-order valence-corrected chi connectivity index (χ3v) is 0.365. The predicted molar refractivity (Wildman–Crippen MR) is 36.7 cm³/mol. The molecule has 2 nitrogen and oxygen atoms in total. The molecule has 0 heterocycles. The van der Waals surface area contributed by atoms with Gasteiger partial charge in [-0.1, -0.05) is 6.58 Å². The van der Waals surface area contributed by atoms with Crippen molar-refractivity contribution in [2.45, 2.75) is 6.92 Å². The molecule has 0 bridgehead atoms. The Morgan fingerprint density at radius 1 is 1.62 bits per heavy atom. The second kappa shape index (κ2) is 8.85. The zero-order valence-electron chi connectivity index (χ0n) is 3.56. The van der Waals surface area contributed by atoms with Gasteiger partial charge in [0.1, 0.15) is 0 Å². The number of aliphatic carboxylic acids is 1. The summed E-state index contributed by atoms with van der Waals surface area (Å²) in [6.45, 7) is 4.60. The number of carboxylic acid groups (broad SMARTS) is 1. The molecule has 0 atom stereocenters. The molecular weight excluding hydrogens is 142 g/mol. The van der Waals surface area contributed by atoms with Gasteiger partial charge in [0.2, 0.25) is 0 Å². The molecule has 0 aromatic heterocycles. The van der Waals surface area contributed by atoms with Crippen LogP contribution in [-0.4, -0.2) is 92.0 Å². The van der Waals surface area contributed by atoms with Gasteiger partial charge in [-0.25, -0.2) is 4.79 Å². The number of hydrogen-bond donors (Lipinski definition) is 1. The summed E-state index contributed by atoms with van der Waals surface area (Å²) < 4.78 is 0. The van der Waals surface area contributed by atoms with Gasteiger partial charge in [-0.15, -0.1) is 0 Å². The molecule has 0 rings (SSSR count). The normalized spacial score (nSPS) is 5.62. The minimum atomic E-state index is -0.935. The Morgan fingerprint density at radius 3 is 1.75 bits per heavy atom. The summed E-state index contributed by atoms with van der Waals surface area (Å²) in [6, 6.07) is 0. The molecule has 38 valence electrons. The van der Waals surface area contributed by atoms with Gasteiger partial charge in [0.25, 0.3) is 0 Å². The fourth-order valence-electron chi connectivity index (χ4n) is 0. The van der Waals surface area contributed by atoms with E-state index < -0.39 is 5.97 Å². The molecule has 0 amide bonds. The van der Waals surface area contributed by atoms with E-state index in [-0.39, 0.29) is 86.5 Å². The first-order chi connectivity index (χ1) is 2.64. The Morgan fingerprint density at radius 2 is 1.75 bits per heavy atom. The van der Waals surface area contributed by atoms with Crippen LogP contribution in [0, 0.1) is 0 Å². The van der Waals surface area contributed by atoms with Crippen molar-refractivity contribution >= 4 is 86.9 Å². The number of carboxylic acids is 1. The molecule has 0 aliphatic carbocycles. The predicted octanol–water partition coefficient (Wildman–Crippen LogP) is -0.650. The Bertz CT molecular complexity index is 80.0. The average Bonchev–Trinajstić information content (AvgIpc) is 1.36. The van der Waals surface area contributed by atoms with E-state index in [2.05, 4.69) is 6.58 Å². The maximum atomic E-state index is 9.60. The molecule has 0 aliphatic rings. The molecule has 0 saturated heterocycles. The van der Waals surface area contributed by atoms with Crippen molar-refractivity contribution in [2.24, 2.45) is 0 Å². The summed E-state index contributed by atoms with van der Waals surface area (Å²) in [4.78, 5) is 9.60. The SMILES string of the molecule is C=C(C)C(=O)O.[KH].[NaH]. The van der Waals surface area contributed by atoms with Crippen LogP contribution in [0.15, 0.2) is 12.2 Å². The quantitative estimate of drug-likeness (QED) is 0.398. The van der Waals surface area contributed by atoms with Gasteiger partial charge in [0, 0.05) is 5.57 Å². The molecule has 0 fully saturated rings. The van der Waals surface area contributed by atoms with Crippen molar-refractivity contribution in [3.63, 3.8) is 0 Å². The van der Waals surface area contributed by atoms with Gasteiger partial charge < -0.3 is 5.11 Å². The number of hydrogen-bond acceptors (Lipinski definition) is 1. The Balaban J connectivity index is -0.000000125. The first kappa shape index (κ1) is 16.4. The fraction of sp³-hybridized carbons (Fsp3) is 0.250. The van der Waals surface area contributed by atoms with Gasteiger partial charge in [-0.05, 0) is 6.92 Å². The zero-order chi connectivity index (χ0) is 5.15. The second-order valence-electron chi connectivity index (χ2n) is 1.09. The van der Waals surface area contributed by atoms with Crippen LogP contribution in [0.3, 0.4) is 0 Å². The van der Waals surface area contributed by atoms with E-state index in [1.807, 2.05) is 0 Å². The molecule has 1 N–H and O–H groups in total. The van der Waals surface area contributed by atoms with Crippen LogP contribution >= 0.6 is 0 Å². The van der Waals surface area contributed by atoms with Crippen molar-refractivity contribution in [1.29, 1.82) is 0 Å². The molecule has 8 heavy (non-hydrogen) atoms. The molecule has 4 heteroatoms. The van der Waals surface area contributed by atoms with Gasteiger partial charge >= 0.3 is 86.9 Å². The molecular formula is C4H8KNaO2. The Hall–Kier alpha value is 1.85. The Kier molecular flexibility index (Phi) is 18.2. The molecule has 0 saturated carbocycles. The van der Waals surface area contributed by atoms with E-state index in [9.17, 15) is 4.79 Å². The molecule has 0 aromatic rings. The topological polar surface area (TPSA) is 37.3 Å². The van der Waals surface area contributed by atoms with E-state index in [1.54, 1.807) is 0 Å². The van der Waals surface area contributed by atoms with E-state index in [4.69, 9.17) is 5.11 Å². The van der Waals surface area contributed by atoms with Crippen LogP contribution in [0.25, 0.3) is 0 Å². The van der Waals surface area contributed by atoms with Gasteiger partial charge in [0.15, 0.2) is 0 Å². The third-order valence-electron chi connectivity index (χ3n) is 0.365. The molecule has 0 radical (unpaired) electrons. The van der Waals surface area contributed by atoms with Crippen LogP contribution < -0.4 is 0 Å². The van der Waals surface area contributed by atoms with Gasteiger partial charge in [-0.2, -0.15) is 0 Å². The first-order valence-corrected chi connectivity index (χ1v) is 1.53. The van der Waals surface area contributed by atoms with Crippen LogP contribution in [0.2, 0.25) is 0 Å². The van der Waals surface area contributed by atoms with Crippen LogP contribution in [-0.2, 0) is 4.79 Å². The summed E-state index contributed by atoms with van der Waals surface area (Å²) in [6.07, 6.45) is 0. The third kappa shape index (κ3) is 10.8. The Labute approximate surface area is 113 Å². The van der Waals surface area contributed by atoms with Crippen molar-refractivity contribution in [2.75, 3.05) is 0 Å². The summed E-state index contributed by atoms with van der Waals surface area (Å²) >= 11 is 0. The zero-order valence-corrected chi connectivity index (χ0v) is 3.56. The van der Waals surface area contributed by atoms with Crippen molar-refractivity contribution in [1.82, 2.24) is 0 Å². The monoisotopic (exact) mass is 150 g/mol. The van der Waals surface area contributed by atoms with E-state index in [0.717, 1.165) is 0 Å². The van der Waals surface area contributed by atoms with E-state index in [0.29, 0.717) is 0 Å². The van der Waals surface area contributed by atoms with Gasteiger partial charge in [-0.3, -0.25) is 0 Å². The molecule has 0 aromatic carbocycles. The molecule has 0 aliphatic heterocycles.